The molecule has 0 saturated carbocycles. The molecule has 18 heavy (non-hydrogen) atoms. The van der Waals surface area contributed by atoms with E-state index in [9.17, 15) is 4.39 Å². The van der Waals surface area contributed by atoms with Crippen LogP contribution in [0.1, 0.15) is 0 Å². The van der Waals surface area contributed by atoms with Crippen LogP contribution in [-0.4, -0.2) is 4.98 Å². The number of benzene rings is 2. The quantitative estimate of drug-likeness (QED) is 0.681. The van der Waals surface area contributed by atoms with Gasteiger partial charge in [-0.2, -0.15) is 0 Å². The lowest BCUT2D eigenvalue weighted by atomic mass is 10.3. The van der Waals surface area contributed by atoms with E-state index in [4.69, 9.17) is 5.73 Å². The molecule has 0 saturated heterocycles. The topological polar surface area (TPSA) is 41.8 Å². The van der Waals surface area contributed by atoms with Gasteiger partial charge in [0.2, 0.25) is 0 Å². The van der Waals surface area contributed by atoms with Crippen molar-refractivity contribution in [3.8, 4) is 0 Å². The van der Waals surface area contributed by atoms with Crippen LogP contribution < -0.4 is 5.73 Å². The van der Waals surface area contributed by atoms with Gasteiger partial charge in [-0.1, -0.05) is 30.0 Å². The first-order valence-corrected chi connectivity index (χ1v) is 6.35. The van der Waals surface area contributed by atoms with E-state index in [1.165, 1.54) is 17.8 Å². The first-order valence-electron chi connectivity index (χ1n) is 5.53. The molecule has 0 unspecified atom stereocenters. The fourth-order valence-corrected chi connectivity index (χ4v) is 2.70. The van der Waals surface area contributed by atoms with Crippen molar-refractivity contribution in [3.63, 3.8) is 0 Å². The van der Waals surface area contributed by atoms with Crippen molar-refractivity contribution in [1.82, 2.24) is 4.98 Å². The zero-order valence-corrected chi connectivity index (χ0v) is 10.3. The second-order valence-corrected chi connectivity index (χ2v) is 5.10. The number of nitrogens with one attached hydrogen (secondary N) is 1. The van der Waals surface area contributed by atoms with Gasteiger partial charge in [0.05, 0.1) is 5.03 Å². The van der Waals surface area contributed by atoms with E-state index in [-0.39, 0.29) is 5.82 Å². The molecular formula is C14H11FN2S. The third-order valence-corrected chi connectivity index (χ3v) is 3.67. The summed E-state index contributed by atoms with van der Waals surface area (Å²) in [6.45, 7) is 0. The number of hydrogen-bond acceptors (Lipinski definition) is 2. The number of nitrogen functional groups attached to an aromatic ring is 1. The molecule has 0 spiro atoms. The molecule has 0 aliphatic rings. The molecule has 2 aromatic carbocycles. The Balaban J connectivity index is 1.96. The molecule has 90 valence electrons. The maximum atomic E-state index is 13.7. The van der Waals surface area contributed by atoms with E-state index < -0.39 is 0 Å². The summed E-state index contributed by atoms with van der Waals surface area (Å²) in [5.41, 5.74) is 7.02. The largest absolute Gasteiger partial charge is 0.399 e. The number of H-pyrrole nitrogens is 1. The average Bonchev–Trinajstić information content (AvgIpc) is 2.75. The Morgan fingerprint density at radius 1 is 1.06 bits per heavy atom. The van der Waals surface area contributed by atoms with E-state index in [1.54, 1.807) is 12.1 Å². The summed E-state index contributed by atoms with van der Waals surface area (Å²) in [5.74, 6) is -0.293. The third-order valence-electron chi connectivity index (χ3n) is 2.68. The Kier molecular flexibility index (Phi) is 2.72. The van der Waals surface area contributed by atoms with Gasteiger partial charge in [0.15, 0.2) is 0 Å². The SMILES string of the molecule is Nc1ccc(Sc2cc3ccccc3[nH]2)c(F)c1. The van der Waals surface area contributed by atoms with Crippen LogP contribution in [0.3, 0.4) is 0 Å². The fraction of sp³-hybridized carbons (Fsp3) is 0. The van der Waals surface area contributed by atoms with Crippen LogP contribution in [0.5, 0.6) is 0 Å². The molecule has 0 aliphatic carbocycles. The van der Waals surface area contributed by atoms with Crippen LogP contribution in [0.2, 0.25) is 0 Å². The Morgan fingerprint density at radius 3 is 2.67 bits per heavy atom. The van der Waals surface area contributed by atoms with Crippen LogP contribution in [0, 0.1) is 5.82 Å². The number of para-hydroxylation sites is 1. The van der Waals surface area contributed by atoms with E-state index in [0.29, 0.717) is 10.6 Å². The molecule has 4 heteroatoms. The summed E-state index contributed by atoms with van der Waals surface area (Å²) >= 11 is 1.36. The van der Waals surface area contributed by atoms with Gasteiger partial charge in [0, 0.05) is 21.5 Å². The summed E-state index contributed by atoms with van der Waals surface area (Å²) in [4.78, 5) is 3.82. The molecule has 1 aromatic heterocycles. The number of hydrogen-bond donors (Lipinski definition) is 2. The predicted octanol–water partition coefficient (Wildman–Crippen LogP) is 4.04. The van der Waals surface area contributed by atoms with Gasteiger partial charge in [-0.3, -0.25) is 0 Å². The number of aromatic amines is 1. The minimum atomic E-state index is -0.293. The van der Waals surface area contributed by atoms with Crippen LogP contribution in [0.25, 0.3) is 10.9 Å². The smallest absolute Gasteiger partial charge is 0.139 e. The second-order valence-electron chi connectivity index (χ2n) is 4.01. The van der Waals surface area contributed by atoms with Crippen molar-refractivity contribution in [2.75, 3.05) is 5.73 Å². The molecule has 1 heterocycles. The molecule has 0 atom stereocenters. The van der Waals surface area contributed by atoms with Gasteiger partial charge in [0.25, 0.3) is 0 Å². The van der Waals surface area contributed by atoms with E-state index >= 15 is 0 Å². The number of fused-ring (bicyclic) bond motifs is 1. The molecule has 0 aliphatic heterocycles. The number of rotatable bonds is 2. The Morgan fingerprint density at radius 2 is 1.89 bits per heavy atom. The van der Waals surface area contributed by atoms with Crippen LogP contribution >= 0.6 is 11.8 Å². The maximum absolute atomic E-state index is 13.7. The number of aromatic nitrogens is 1. The molecule has 2 nitrogen and oxygen atoms in total. The standard InChI is InChI=1S/C14H11FN2S/c15-11-8-10(16)5-6-13(11)18-14-7-9-3-1-2-4-12(9)17-14/h1-8,17H,16H2. The van der Waals surface area contributed by atoms with Crippen LogP contribution in [0.15, 0.2) is 58.5 Å². The number of halogens is 1. The van der Waals surface area contributed by atoms with Crippen molar-refractivity contribution in [2.45, 2.75) is 9.92 Å². The summed E-state index contributed by atoms with van der Waals surface area (Å²) in [7, 11) is 0. The maximum Gasteiger partial charge on any atom is 0.139 e. The normalized spacial score (nSPS) is 10.9. The highest BCUT2D eigenvalue weighted by Gasteiger charge is 2.07. The molecule has 0 radical (unpaired) electrons. The summed E-state index contributed by atoms with van der Waals surface area (Å²) < 4.78 is 13.7. The molecule has 3 N–H and O–H groups in total. The Bertz CT molecular complexity index is 673. The van der Waals surface area contributed by atoms with Crippen molar-refractivity contribution >= 4 is 28.4 Å². The minimum absolute atomic E-state index is 0.293. The van der Waals surface area contributed by atoms with Crippen molar-refractivity contribution in [2.24, 2.45) is 0 Å². The van der Waals surface area contributed by atoms with Gasteiger partial charge in [-0.05, 0) is 30.3 Å². The molecule has 0 bridgehead atoms. The van der Waals surface area contributed by atoms with Crippen molar-refractivity contribution in [1.29, 1.82) is 0 Å². The average molecular weight is 258 g/mol. The second kappa shape index (κ2) is 4.38. The molecule has 0 fully saturated rings. The van der Waals surface area contributed by atoms with E-state index in [0.717, 1.165) is 15.9 Å². The molecule has 0 amide bonds. The molecule has 3 rings (SSSR count). The van der Waals surface area contributed by atoms with E-state index in [1.807, 2.05) is 30.3 Å². The summed E-state index contributed by atoms with van der Waals surface area (Å²) in [6, 6.07) is 14.7. The van der Waals surface area contributed by atoms with Gasteiger partial charge in [-0.15, -0.1) is 0 Å². The third kappa shape index (κ3) is 2.07. The lowest BCUT2D eigenvalue weighted by Crippen LogP contribution is -1.87. The molecular weight excluding hydrogens is 247 g/mol. The fourth-order valence-electron chi connectivity index (χ4n) is 1.82. The predicted molar refractivity (Wildman–Crippen MR) is 73.2 cm³/mol. The Labute approximate surface area is 108 Å². The highest BCUT2D eigenvalue weighted by atomic mass is 32.2. The number of nitrogens with two attached hydrogens (primary N) is 1. The van der Waals surface area contributed by atoms with Crippen molar-refractivity contribution < 1.29 is 4.39 Å². The highest BCUT2D eigenvalue weighted by molar-refractivity contribution is 7.99. The zero-order chi connectivity index (χ0) is 12.5. The minimum Gasteiger partial charge on any atom is -0.399 e. The van der Waals surface area contributed by atoms with Crippen molar-refractivity contribution in [3.05, 3.63) is 54.3 Å². The number of anilines is 1. The zero-order valence-electron chi connectivity index (χ0n) is 9.48. The lowest BCUT2D eigenvalue weighted by Gasteiger charge is -2.01. The van der Waals surface area contributed by atoms with Crippen LogP contribution in [0.4, 0.5) is 10.1 Å². The van der Waals surface area contributed by atoms with Crippen LogP contribution in [-0.2, 0) is 0 Å². The highest BCUT2D eigenvalue weighted by Crippen LogP contribution is 2.32. The first kappa shape index (κ1) is 11.2. The van der Waals surface area contributed by atoms with Gasteiger partial charge in [-0.25, -0.2) is 4.39 Å². The summed E-state index contributed by atoms with van der Waals surface area (Å²) in [5, 5.41) is 2.04. The molecule has 3 aromatic rings. The van der Waals surface area contributed by atoms with E-state index in [2.05, 4.69) is 4.98 Å². The summed E-state index contributed by atoms with van der Waals surface area (Å²) in [6.07, 6.45) is 0. The monoisotopic (exact) mass is 258 g/mol. The van der Waals surface area contributed by atoms with Gasteiger partial charge in [0.1, 0.15) is 5.82 Å². The Hall–Kier alpha value is -1.94. The first-order chi connectivity index (χ1) is 8.72. The lowest BCUT2D eigenvalue weighted by molar-refractivity contribution is 0.602. The van der Waals surface area contributed by atoms with Gasteiger partial charge < -0.3 is 10.7 Å². The van der Waals surface area contributed by atoms with Gasteiger partial charge >= 0.3 is 0 Å².